The SMILES string of the molecule is Fc1cccc(O[C@H]2C[C@@H]3CN(Cc4nccs4)CCN3C2)c1. The van der Waals surface area contributed by atoms with Crippen LogP contribution in [-0.2, 0) is 6.54 Å². The molecule has 2 aliphatic heterocycles. The molecule has 0 amide bonds. The molecule has 4 rings (SSSR count). The number of ether oxygens (including phenoxy) is 1. The highest BCUT2D eigenvalue weighted by atomic mass is 32.1. The Balaban J connectivity index is 1.34. The molecule has 0 saturated carbocycles. The van der Waals surface area contributed by atoms with Gasteiger partial charge in [0.15, 0.2) is 0 Å². The fourth-order valence-corrected chi connectivity index (χ4v) is 4.20. The van der Waals surface area contributed by atoms with Gasteiger partial charge in [-0.3, -0.25) is 9.80 Å². The maximum absolute atomic E-state index is 13.3. The standard InChI is InChI=1S/C17H20FN3OS/c18-13-2-1-3-15(8-13)22-16-9-14-10-20(5-6-21(14)11-16)12-17-19-4-7-23-17/h1-4,7-8,14,16H,5-6,9-12H2/t14-,16+/m1/s1. The lowest BCUT2D eigenvalue weighted by Gasteiger charge is -2.36. The van der Waals surface area contributed by atoms with Crippen molar-refractivity contribution in [2.24, 2.45) is 0 Å². The smallest absolute Gasteiger partial charge is 0.126 e. The van der Waals surface area contributed by atoms with E-state index < -0.39 is 0 Å². The van der Waals surface area contributed by atoms with Gasteiger partial charge < -0.3 is 4.74 Å². The molecular weight excluding hydrogens is 313 g/mol. The number of thiazole rings is 1. The van der Waals surface area contributed by atoms with Crippen molar-refractivity contribution in [3.05, 3.63) is 46.7 Å². The van der Waals surface area contributed by atoms with Crippen LogP contribution >= 0.6 is 11.3 Å². The second-order valence-corrected chi connectivity index (χ2v) is 7.22. The van der Waals surface area contributed by atoms with Crippen molar-refractivity contribution in [2.75, 3.05) is 26.2 Å². The Morgan fingerprint density at radius 2 is 2.26 bits per heavy atom. The van der Waals surface area contributed by atoms with Gasteiger partial charge in [-0.1, -0.05) is 6.07 Å². The van der Waals surface area contributed by atoms with Gasteiger partial charge in [-0.2, -0.15) is 0 Å². The topological polar surface area (TPSA) is 28.6 Å². The van der Waals surface area contributed by atoms with Crippen LogP contribution in [0.1, 0.15) is 11.4 Å². The highest BCUT2D eigenvalue weighted by Crippen LogP contribution is 2.26. The van der Waals surface area contributed by atoms with E-state index in [0.717, 1.165) is 39.1 Å². The van der Waals surface area contributed by atoms with E-state index in [0.29, 0.717) is 11.8 Å². The van der Waals surface area contributed by atoms with Crippen LogP contribution in [0.3, 0.4) is 0 Å². The Kier molecular flexibility index (Phi) is 4.29. The van der Waals surface area contributed by atoms with Crippen LogP contribution < -0.4 is 4.74 Å². The first kappa shape index (κ1) is 15.1. The predicted octanol–water partition coefficient (Wildman–Crippen LogP) is 2.62. The number of halogens is 1. The molecule has 1 aromatic heterocycles. The van der Waals surface area contributed by atoms with Crippen LogP contribution in [0.15, 0.2) is 35.8 Å². The fraction of sp³-hybridized carbons (Fsp3) is 0.471. The van der Waals surface area contributed by atoms with Crippen LogP contribution in [0.2, 0.25) is 0 Å². The molecule has 2 fully saturated rings. The fourth-order valence-electron chi connectivity index (χ4n) is 3.54. The number of fused-ring (bicyclic) bond motifs is 1. The average molecular weight is 333 g/mol. The van der Waals surface area contributed by atoms with E-state index in [4.69, 9.17) is 4.74 Å². The van der Waals surface area contributed by atoms with E-state index in [9.17, 15) is 4.39 Å². The molecule has 2 aromatic rings. The van der Waals surface area contributed by atoms with Gasteiger partial charge in [0.25, 0.3) is 0 Å². The van der Waals surface area contributed by atoms with Crippen LogP contribution in [0.4, 0.5) is 4.39 Å². The van der Waals surface area contributed by atoms with Crippen molar-refractivity contribution in [1.82, 2.24) is 14.8 Å². The zero-order chi connectivity index (χ0) is 15.6. The van der Waals surface area contributed by atoms with Crippen LogP contribution in [0.5, 0.6) is 5.75 Å². The number of hydrogen-bond donors (Lipinski definition) is 0. The zero-order valence-corrected chi connectivity index (χ0v) is 13.7. The quantitative estimate of drug-likeness (QED) is 0.860. The Morgan fingerprint density at radius 1 is 1.30 bits per heavy atom. The normalized spacial score (nSPS) is 25.4. The molecule has 122 valence electrons. The largest absolute Gasteiger partial charge is 0.489 e. The summed E-state index contributed by atoms with van der Waals surface area (Å²) in [5.41, 5.74) is 0. The summed E-state index contributed by atoms with van der Waals surface area (Å²) in [5, 5.41) is 3.22. The monoisotopic (exact) mass is 333 g/mol. The maximum atomic E-state index is 13.3. The second-order valence-electron chi connectivity index (χ2n) is 6.24. The molecule has 3 heterocycles. The Hall–Kier alpha value is -1.50. The summed E-state index contributed by atoms with van der Waals surface area (Å²) >= 11 is 1.72. The van der Waals surface area contributed by atoms with Crippen molar-refractivity contribution >= 4 is 11.3 Å². The molecule has 2 aliphatic rings. The van der Waals surface area contributed by atoms with Gasteiger partial charge in [-0.05, 0) is 12.1 Å². The zero-order valence-electron chi connectivity index (χ0n) is 12.9. The van der Waals surface area contributed by atoms with E-state index in [2.05, 4.69) is 14.8 Å². The van der Waals surface area contributed by atoms with Crippen LogP contribution in [0, 0.1) is 5.82 Å². The highest BCUT2D eigenvalue weighted by Gasteiger charge is 2.37. The minimum Gasteiger partial charge on any atom is -0.489 e. The van der Waals surface area contributed by atoms with Crippen LogP contribution in [-0.4, -0.2) is 53.1 Å². The minimum absolute atomic E-state index is 0.154. The number of nitrogens with zero attached hydrogens (tertiary/aromatic N) is 3. The number of piperazine rings is 1. The first-order valence-corrected chi connectivity index (χ1v) is 8.91. The number of aromatic nitrogens is 1. The van der Waals surface area contributed by atoms with Gasteiger partial charge in [0.05, 0.1) is 6.54 Å². The Morgan fingerprint density at radius 3 is 3.09 bits per heavy atom. The molecule has 2 atom stereocenters. The summed E-state index contributed by atoms with van der Waals surface area (Å²) in [5.74, 6) is 0.391. The molecule has 0 bridgehead atoms. The van der Waals surface area contributed by atoms with E-state index in [-0.39, 0.29) is 11.9 Å². The molecule has 0 N–H and O–H groups in total. The van der Waals surface area contributed by atoms with Crippen molar-refractivity contribution in [3.8, 4) is 5.75 Å². The first-order valence-electron chi connectivity index (χ1n) is 8.03. The molecule has 1 aromatic carbocycles. The molecule has 23 heavy (non-hydrogen) atoms. The molecule has 0 aliphatic carbocycles. The van der Waals surface area contributed by atoms with Crippen LogP contribution in [0.25, 0.3) is 0 Å². The van der Waals surface area contributed by atoms with E-state index in [1.165, 1.54) is 17.1 Å². The second kappa shape index (κ2) is 6.55. The number of benzene rings is 1. The van der Waals surface area contributed by atoms with Gasteiger partial charge in [0.2, 0.25) is 0 Å². The maximum Gasteiger partial charge on any atom is 0.126 e. The summed E-state index contributed by atoms with van der Waals surface area (Å²) in [4.78, 5) is 9.36. The summed E-state index contributed by atoms with van der Waals surface area (Å²) in [6, 6.07) is 6.97. The average Bonchev–Trinajstić information content (AvgIpc) is 3.16. The van der Waals surface area contributed by atoms with Gasteiger partial charge in [-0.25, -0.2) is 9.37 Å². The summed E-state index contributed by atoms with van der Waals surface area (Å²) in [6.45, 7) is 5.08. The first-order chi connectivity index (χ1) is 11.3. The van der Waals surface area contributed by atoms with Gasteiger partial charge >= 0.3 is 0 Å². The van der Waals surface area contributed by atoms with E-state index in [1.54, 1.807) is 17.4 Å². The van der Waals surface area contributed by atoms with Crippen molar-refractivity contribution in [2.45, 2.75) is 25.1 Å². The predicted molar refractivity (Wildman–Crippen MR) is 88.2 cm³/mol. The lowest BCUT2D eigenvalue weighted by molar-refractivity contribution is 0.0978. The summed E-state index contributed by atoms with van der Waals surface area (Å²) in [7, 11) is 0. The van der Waals surface area contributed by atoms with Gasteiger partial charge in [0.1, 0.15) is 22.7 Å². The number of hydrogen-bond acceptors (Lipinski definition) is 5. The summed E-state index contributed by atoms with van der Waals surface area (Å²) < 4.78 is 19.2. The van der Waals surface area contributed by atoms with E-state index >= 15 is 0 Å². The third-order valence-corrected chi connectivity index (χ3v) is 5.37. The van der Waals surface area contributed by atoms with Gasteiger partial charge in [0, 0.05) is 56.3 Å². The van der Waals surface area contributed by atoms with E-state index in [1.807, 2.05) is 17.6 Å². The molecule has 6 heteroatoms. The molecule has 2 saturated heterocycles. The molecule has 0 spiro atoms. The molecular formula is C17H20FN3OS. The summed E-state index contributed by atoms with van der Waals surface area (Å²) in [6.07, 6.45) is 3.03. The molecule has 4 nitrogen and oxygen atoms in total. The van der Waals surface area contributed by atoms with Crippen molar-refractivity contribution in [3.63, 3.8) is 0 Å². The minimum atomic E-state index is -0.243. The van der Waals surface area contributed by atoms with Crippen molar-refractivity contribution < 1.29 is 9.13 Å². The lowest BCUT2D eigenvalue weighted by Crippen LogP contribution is -2.49. The van der Waals surface area contributed by atoms with Gasteiger partial charge in [-0.15, -0.1) is 11.3 Å². The third-order valence-electron chi connectivity index (χ3n) is 4.60. The Labute approximate surface area is 139 Å². The third kappa shape index (κ3) is 3.54. The Bertz CT molecular complexity index is 651. The molecule has 0 radical (unpaired) electrons. The van der Waals surface area contributed by atoms with Crippen molar-refractivity contribution in [1.29, 1.82) is 0 Å². The lowest BCUT2D eigenvalue weighted by atomic mass is 10.1. The molecule has 0 unspecified atom stereocenters. The highest BCUT2D eigenvalue weighted by molar-refractivity contribution is 7.09. The number of rotatable bonds is 4.